The van der Waals surface area contributed by atoms with Crippen molar-refractivity contribution in [2.24, 2.45) is 5.73 Å². The van der Waals surface area contributed by atoms with Crippen molar-refractivity contribution in [1.82, 2.24) is 5.32 Å². The fraction of sp³-hybridized carbons (Fsp3) is 0.333. The predicted molar refractivity (Wildman–Crippen MR) is 103 cm³/mol. The van der Waals surface area contributed by atoms with Crippen LogP contribution < -0.4 is 16.4 Å². The zero-order valence-electron chi connectivity index (χ0n) is 14.1. The Kier molecular flexibility index (Phi) is 5.93. The average molecular weight is 394 g/mol. The Hall–Kier alpha value is -1.93. The molecule has 0 saturated carbocycles. The SMILES string of the molecule is NC1(C(=O)Nc2ccc(Cl)c(C(=O)NCc3cccs3)c2)CCOCC1. The fourth-order valence-corrected chi connectivity index (χ4v) is 3.52. The van der Waals surface area contributed by atoms with Crippen LogP contribution >= 0.6 is 22.9 Å². The molecular weight excluding hydrogens is 374 g/mol. The molecule has 1 aromatic heterocycles. The number of amides is 2. The molecule has 0 spiro atoms. The molecule has 0 atom stereocenters. The third-order valence-electron chi connectivity index (χ3n) is 4.31. The number of benzene rings is 1. The number of ether oxygens (including phenoxy) is 1. The van der Waals surface area contributed by atoms with Crippen molar-refractivity contribution in [2.75, 3.05) is 18.5 Å². The Bertz CT molecular complexity index is 789. The zero-order chi connectivity index (χ0) is 18.6. The minimum Gasteiger partial charge on any atom is -0.381 e. The number of hydrogen-bond donors (Lipinski definition) is 3. The van der Waals surface area contributed by atoms with Gasteiger partial charge in [-0.3, -0.25) is 9.59 Å². The number of anilines is 1. The standard InChI is InChI=1S/C18H20ClN3O3S/c19-15-4-3-12(22-17(24)18(20)5-7-25-8-6-18)10-14(15)16(23)21-11-13-2-1-9-26-13/h1-4,9-10H,5-8,11,20H2,(H,21,23)(H,22,24). The lowest BCUT2D eigenvalue weighted by Crippen LogP contribution is -2.54. The van der Waals surface area contributed by atoms with Crippen LogP contribution in [0.3, 0.4) is 0 Å². The largest absolute Gasteiger partial charge is 0.381 e. The van der Waals surface area contributed by atoms with Crippen LogP contribution in [-0.4, -0.2) is 30.6 Å². The number of carbonyl (C=O) groups excluding carboxylic acids is 2. The van der Waals surface area contributed by atoms with Gasteiger partial charge >= 0.3 is 0 Å². The van der Waals surface area contributed by atoms with E-state index in [4.69, 9.17) is 22.1 Å². The number of halogens is 1. The van der Waals surface area contributed by atoms with Crippen LogP contribution in [0.15, 0.2) is 35.7 Å². The summed E-state index contributed by atoms with van der Waals surface area (Å²) >= 11 is 7.71. The van der Waals surface area contributed by atoms with Gasteiger partial charge < -0.3 is 21.1 Å². The summed E-state index contributed by atoms with van der Waals surface area (Å²) in [6.45, 7) is 1.34. The lowest BCUT2D eigenvalue weighted by atomic mass is 9.90. The van der Waals surface area contributed by atoms with Gasteiger partial charge in [0.2, 0.25) is 5.91 Å². The highest BCUT2D eigenvalue weighted by Gasteiger charge is 2.36. The third-order valence-corrected chi connectivity index (χ3v) is 5.52. The van der Waals surface area contributed by atoms with Gasteiger partial charge in [-0.1, -0.05) is 17.7 Å². The number of carbonyl (C=O) groups is 2. The van der Waals surface area contributed by atoms with E-state index in [1.54, 1.807) is 29.5 Å². The van der Waals surface area contributed by atoms with E-state index < -0.39 is 5.54 Å². The maximum Gasteiger partial charge on any atom is 0.253 e. The third kappa shape index (κ3) is 4.42. The van der Waals surface area contributed by atoms with Crippen LogP contribution in [0.4, 0.5) is 5.69 Å². The van der Waals surface area contributed by atoms with Gasteiger partial charge in [0.15, 0.2) is 0 Å². The van der Waals surface area contributed by atoms with Crippen molar-refractivity contribution in [1.29, 1.82) is 0 Å². The Morgan fingerprint density at radius 3 is 2.73 bits per heavy atom. The first-order valence-corrected chi connectivity index (χ1v) is 9.52. The van der Waals surface area contributed by atoms with Crippen LogP contribution in [0, 0.1) is 0 Å². The highest BCUT2D eigenvalue weighted by atomic mass is 35.5. The van der Waals surface area contributed by atoms with Gasteiger partial charge in [0, 0.05) is 23.8 Å². The van der Waals surface area contributed by atoms with Crippen LogP contribution in [0.5, 0.6) is 0 Å². The van der Waals surface area contributed by atoms with E-state index in [0.717, 1.165) is 4.88 Å². The van der Waals surface area contributed by atoms with Gasteiger partial charge in [0.05, 0.1) is 17.1 Å². The van der Waals surface area contributed by atoms with Crippen molar-refractivity contribution in [3.05, 3.63) is 51.2 Å². The number of rotatable bonds is 5. The Labute approximate surface area is 160 Å². The maximum atomic E-state index is 12.5. The summed E-state index contributed by atoms with van der Waals surface area (Å²) in [5, 5.41) is 7.88. The summed E-state index contributed by atoms with van der Waals surface area (Å²) in [4.78, 5) is 26.0. The molecule has 1 fully saturated rings. The minimum atomic E-state index is -0.959. The quantitative estimate of drug-likeness (QED) is 0.728. The van der Waals surface area contributed by atoms with E-state index >= 15 is 0 Å². The summed E-state index contributed by atoms with van der Waals surface area (Å²) < 4.78 is 5.26. The minimum absolute atomic E-state index is 0.284. The maximum absolute atomic E-state index is 12.5. The van der Waals surface area contributed by atoms with Gasteiger partial charge in [-0.05, 0) is 42.5 Å². The van der Waals surface area contributed by atoms with E-state index in [9.17, 15) is 9.59 Å². The van der Waals surface area contributed by atoms with Crippen LogP contribution in [0.2, 0.25) is 5.02 Å². The molecule has 0 bridgehead atoms. The first kappa shape index (κ1) is 18.8. The monoisotopic (exact) mass is 393 g/mol. The summed E-state index contributed by atoms with van der Waals surface area (Å²) in [5.41, 5.74) is 6.01. The number of nitrogens with two attached hydrogens (primary N) is 1. The van der Waals surface area contributed by atoms with E-state index in [-0.39, 0.29) is 11.8 Å². The molecule has 2 aromatic rings. The first-order valence-electron chi connectivity index (χ1n) is 8.26. The molecule has 2 heterocycles. The molecule has 1 saturated heterocycles. The van der Waals surface area contributed by atoms with Crippen molar-refractivity contribution >= 4 is 40.4 Å². The molecule has 138 valence electrons. The van der Waals surface area contributed by atoms with Crippen molar-refractivity contribution in [3.8, 4) is 0 Å². The second-order valence-electron chi connectivity index (χ2n) is 6.18. The summed E-state index contributed by atoms with van der Waals surface area (Å²) in [6.07, 6.45) is 0.918. The molecular formula is C18H20ClN3O3S. The normalized spacial score (nSPS) is 16.1. The Morgan fingerprint density at radius 2 is 2.04 bits per heavy atom. The van der Waals surface area contributed by atoms with Gasteiger partial charge in [-0.15, -0.1) is 11.3 Å². The molecule has 1 aliphatic heterocycles. The lowest BCUT2D eigenvalue weighted by molar-refractivity contribution is -0.124. The van der Waals surface area contributed by atoms with E-state index in [0.29, 0.717) is 48.9 Å². The lowest BCUT2D eigenvalue weighted by Gasteiger charge is -2.31. The summed E-state index contributed by atoms with van der Waals surface area (Å²) in [6, 6.07) is 8.67. The second-order valence-corrected chi connectivity index (χ2v) is 7.62. The molecule has 4 N–H and O–H groups in total. The topological polar surface area (TPSA) is 93.5 Å². The molecule has 1 aliphatic rings. The van der Waals surface area contributed by atoms with Gasteiger partial charge in [0.1, 0.15) is 5.54 Å². The van der Waals surface area contributed by atoms with E-state index in [1.807, 2.05) is 17.5 Å². The molecule has 3 rings (SSSR count). The second kappa shape index (κ2) is 8.18. The fourth-order valence-electron chi connectivity index (χ4n) is 2.67. The molecule has 0 aliphatic carbocycles. The van der Waals surface area contributed by atoms with Crippen LogP contribution in [0.1, 0.15) is 28.1 Å². The summed E-state index contributed by atoms with van der Waals surface area (Å²) in [7, 11) is 0. The average Bonchev–Trinajstić information content (AvgIpc) is 3.15. The Balaban J connectivity index is 1.68. The number of thiophene rings is 1. The number of hydrogen-bond acceptors (Lipinski definition) is 5. The highest BCUT2D eigenvalue weighted by Crippen LogP contribution is 2.24. The zero-order valence-corrected chi connectivity index (χ0v) is 15.7. The van der Waals surface area contributed by atoms with Gasteiger partial charge in [0.25, 0.3) is 5.91 Å². The molecule has 2 amide bonds. The molecule has 0 radical (unpaired) electrons. The van der Waals surface area contributed by atoms with Crippen molar-refractivity contribution in [3.63, 3.8) is 0 Å². The Morgan fingerprint density at radius 1 is 1.27 bits per heavy atom. The molecule has 6 nitrogen and oxygen atoms in total. The van der Waals surface area contributed by atoms with Crippen molar-refractivity contribution < 1.29 is 14.3 Å². The predicted octanol–water partition coefficient (Wildman–Crippen LogP) is 2.78. The van der Waals surface area contributed by atoms with Gasteiger partial charge in [-0.25, -0.2) is 0 Å². The smallest absolute Gasteiger partial charge is 0.253 e. The number of nitrogens with one attached hydrogen (secondary N) is 2. The highest BCUT2D eigenvalue weighted by molar-refractivity contribution is 7.09. The molecule has 0 unspecified atom stereocenters. The first-order chi connectivity index (χ1) is 12.5. The summed E-state index contributed by atoms with van der Waals surface area (Å²) in [5.74, 6) is -0.582. The van der Waals surface area contributed by atoms with Gasteiger partial charge in [-0.2, -0.15) is 0 Å². The van der Waals surface area contributed by atoms with Crippen molar-refractivity contribution in [2.45, 2.75) is 24.9 Å². The molecule has 8 heteroatoms. The molecule has 26 heavy (non-hydrogen) atoms. The van der Waals surface area contributed by atoms with E-state index in [2.05, 4.69) is 10.6 Å². The van der Waals surface area contributed by atoms with E-state index in [1.165, 1.54) is 0 Å². The van der Waals surface area contributed by atoms with Crippen LogP contribution in [0.25, 0.3) is 0 Å². The molecule has 1 aromatic carbocycles. The van der Waals surface area contributed by atoms with Crippen LogP contribution in [-0.2, 0) is 16.1 Å².